The number of unbranched alkanes of at least 4 members (excludes halogenated alkanes) is 27. The number of hydrogen-bond donors (Lipinski definition) is 0. The second-order valence-electron chi connectivity index (χ2n) is 22.0. The lowest BCUT2D eigenvalue weighted by atomic mass is 10.0. The minimum atomic E-state index is -0.817. The molecule has 0 aromatic rings. The molecule has 0 rings (SSSR count). The molecular weight excluding hydrogens is 997 g/mol. The molecule has 1 atom stereocenters. The maximum atomic E-state index is 13.0. The molecule has 0 fully saturated rings. The lowest BCUT2D eigenvalue weighted by Gasteiger charge is -2.18. The van der Waals surface area contributed by atoms with Crippen molar-refractivity contribution in [2.75, 3.05) is 13.2 Å². The average molecular weight is 1120 g/mol. The number of hydrogen-bond acceptors (Lipinski definition) is 6. The van der Waals surface area contributed by atoms with Gasteiger partial charge >= 0.3 is 17.9 Å². The summed E-state index contributed by atoms with van der Waals surface area (Å²) in [7, 11) is 0. The van der Waals surface area contributed by atoms with Crippen molar-refractivity contribution in [3.05, 3.63) is 134 Å². The summed E-state index contributed by atoms with van der Waals surface area (Å²) in [5.41, 5.74) is 0. The van der Waals surface area contributed by atoms with Gasteiger partial charge in [0.25, 0.3) is 0 Å². The Morgan fingerprint density at radius 3 is 0.802 bits per heavy atom. The molecule has 0 bridgehead atoms. The van der Waals surface area contributed by atoms with Gasteiger partial charge in [-0.05, 0) is 109 Å². The van der Waals surface area contributed by atoms with Gasteiger partial charge in [0, 0.05) is 19.3 Å². The monoisotopic (exact) mass is 1120 g/mol. The van der Waals surface area contributed by atoms with Crippen LogP contribution in [0.15, 0.2) is 134 Å². The molecule has 460 valence electrons. The fourth-order valence-corrected chi connectivity index (χ4v) is 9.19. The predicted molar refractivity (Wildman–Crippen MR) is 353 cm³/mol. The van der Waals surface area contributed by atoms with Crippen molar-refractivity contribution in [1.82, 2.24) is 0 Å². The first-order valence-electron chi connectivity index (χ1n) is 33.7. The van der Waals surface area contributed by atoms with Crippen LogP contribution in [-0.2, 0) is 28.6 Å². The van der Waals surface area contributed by atoms with Gasteiger partial charge in [0.15, 0.2) is 6.10 Å². The van der Waals surface area contributed by atoms with E-state index in [9.17, 15) is 14.4 Å². The fraction of sp³-hybridized carbons (Fsp3) is 0.667. The minimum absolute atomic E-state index is 0.111. The number of ether oxygens (including phenoxy) is 3. The van der Waals surface area contributed by atoms with E-state index < -0.39 is 6.10 Å². The molecule has 0 aliphatic rings. The minimum Gasteiger partial charge on any atom is -0.462 e. The van der Waals surface area contributed by atoms with Crippen LogP contribution in [0, 0.1) is 0 Å². The highest BCUT2D eigenvalue weighted by Crippen LogP contribution is 2.17. The van der Waals surface area contributed by atoms with E-state index in [1.807, 2.05) is 0 Å². The number of allylic oxidation sites excluding steroid dienone is 22. The van der Waals surface area contributed by atoms with Crippen LogP contribution < -0.4 is 0 Å². The van der Waals surface area contributed by atoms with Crippen molar-refractivity contribution >= 4 is 17.9 Å². The SMILES string of the molecule is CC/C=C\C/C=C\C/C=C\C/C=C\C/C=C\C/C=C\C/C=C\CCCC(=O)OCC(COC(=O)CCCCCC/C=C\C/C=C\C/C=C\C/C=C\CC)OC(=O)CCCCCCCCCCCCCCCCCCCCCCCCC. The summed E-state index contributed by atoms with van der Waals surface area (Å²) < 4.78 is 16.9. The molecule has 0 aromatic heterocycles. The van der Waals surface area contributed by atoms with E-state index in [4.69, 9.17) is 14.2 Å². The standard InChI is InChI=1S/C75H124O6/c1-4-7-10-13-16-19-22-25-28-31-33-35-37-39-41-44-47-50-53-56-59-62-65-68-74(77)80-71-72(70-79-73(76)67-64-61-58-55-52-49-46-43-30-27-24-21-18-15-12-9-6-3)81-75(78)69-66-63-60-57-54-51-48-45-42-40-38-36-34-32-29-26-23-20-17-14-11-8-5-2/h7,9-10,12,16,18-19,21,25,27-28,30,33,35,39,41,46-47,49-50,56,59,72H,4-6,8,11,13-15,17,20,22-24,26,29,31-32,34,36-38,40,42-45,48,51-55,57-58,60-71H2,1-3H3/b10-7-,12-9-,19-16-,21-18-,28-25-,30-27-,35-33-,41-39-,49-46-,50-47-,59-56-. The molecule has 0 saturated heterocycles. The second kappa shape index (κ2) is 68.1. The van der Waals surface area contributed by atoms with Crippen LogP contribution in [0.5, 0.6) is 0 Å². The van der Waals surface area contributed by atoms with Crippen LogP contribution in [0.2, 0.25) is 0 Å². The lowest BCUT2D eigenvalue weighted by molar-refractivity contribution is -0.167. The highest BCUT2D eigenvalue weighted by Gasteiger charge is 2.19. The molecule has 0 aliphatic heterocycles. The van der Waals surface area contributed by atoms with Gasteiger partial charge in [-0.3, -0.25) is 14.4 Å². The zero-order valence-corrected chi connectivity index (χ0v) is 52.8. The summed E-state index contributed by atoms with van der Waals surface area (Å²) in [6.07, 6.45) is 96.2. The summed E-state index contributed by atoms with van der Waals surface area (Å²) in [5, 5.41) is 0. The van der Waals surface area contributed by atoms with Crippen LogP contribution in [0.25, 0.3) is 0 Å². The molecule has 0 aromatic carbocycles. The van der Waals surface area contributed by atoms with E-state index in [0.717, 1.165) is 128 Å². The van der Waals surface area contributed by atoms with Gasteiger partial charge in [-0.15, -0.1) is 0 Å². The molecule has 0 N–H and O–H groups in total. The Bertz CT molecular complexity index is 1720. The summed E-state index contributed by atoms with van der Waals surface area (Å²) in [6.45, 7) is 6.37. The van der Waals surface area contributed by atoms with Crippen molar-refractivity contribution in [2.45, 2.75) is 309 Å². The van der Waals surface area contributed by atoms with Crippen molar-refractivity contribution in [2.24, 2.45) is 0 Å². The van der Waals surface area contributed by atoms with Crippen LogP contribution in [-0.4, -0.2) is 37.2 Å². The number of carbonyl (C=O) groups is 3. The van der Waals surface area contributed by atoms with Gasteiger partial charge in [0.1, 0.15) is 13.2 Å². The lowest BCUT2D eigenvalue weighted by Crippen LogP contribution is -2.30. The highest BCUT2D eigenvalue weighted by atomic mass is 16.6. The van der Waals surface area contributed by atoms with Gasteiger partial charge in [-0.2, -0.15) is 0 Å². The van der Waals surface area contributed by atoms with E-state index >= 15 is 0 Å². The molecule has 6 heteroatoms. The van der Waals surface area contributed by atoms with E-state index in [1.165, 1.54) is 128 Å². The molecule has 0 radical (unpaired) electrons. The average Bonchev–Trinajstić information content (AvgIpc) is 3.47. The molecule has 0 aliphatic carbocycles. The largest absolute Gasteiger partial charge is 0.462 e. The number of rotatable bonds is 60. The Kier molecular flexibility index (Phi) is 64.3. The molecule has 0 heterocycles. The van der Waals surface area contributed by atoms with Crippen LogP contribution in [0.4, 0.5) is 0 Å². The Morgan fingerprint density at radius 1 is 0.259 bits per heavy atom. The van der Waals surface area contributed by atoms with Crippen molar-refractivity contribution in [3.63, 3.8) is 0 Å². The summed E-state index contributed by atoms with van der Waals surface area (Å²) in [5.74, 6) is -0.985. The second-order valence-corrected chi connectivity index (χ2v) is 22.0. The third-order valence-electron chi connectivity index (χ3n) is 14.2. The van der Waals surface area contributed by atoms with Gasteiger partial charge in [0.05, 0.1) is 0 Å². The van der Waals surface area contributed by atoms with Crippen LogP contribution in [0.1, 0.15) is 303 Å². The first-order valence-corrected chi connectivity index (χ1v) is 33.7. The summed E-state index contributed by atoms with van der Waals surface area (Å²) >= 11 is 0. The Labute approximate surface area is 500 Å². The first-order chi connectivity index (χ1) is 40.0. The van der Waals surface area contributed by atoms with Gasteiger partial charge in [-0.1, -0.05) is 309 Å². The van der Waals surface area contributed by atoms with Gasteiger partial charge < -0.3 is 14.2 Å². The third-order valence-corrected chi connectivity index (χ3v) is 14.2. The number of carbonyl (C=O) groups excluding carboxylic acids is 3. The Hall–Kier alpha value is -4.45. The third kappa shape index (κ3) is 66.2. The molecule has 0 saturated carbocycles. The first kappa shape index (κ1) is 76.5. The summed E-state index contributed by atoms with van der Waals surface area (Å²) in [6, 6.07) is 0. The van der Waals surface area contributed by atoms with E-state index in [2.05, 4.69) is 154 Å². The topological polar surface area (TPSA) is 78.9 Å². The number of esters is 3. The molecule has 6 nitrogen and oxygen atoms in total. The zero-order valence-electron chi connectivity index (χ0n) is 52.8. The maximum absolute atomic E-state index is 13.0. The Balaban J connectivity index is 4.49. The molecule has 1 unspecified atom stereocenters. The van der Waals surface area contributed by atoms with Crippen LogP contribution >= 0.6 is 0 Å². The van der Waals surface area contributed by atoms with Gasteiger partial charge in [0.2, 0.25) is 0 Å². The zero-order chi connectivity index (χ0) is 58.5. The van der Waals surface area contributed by atoms with E-state index in [1.54, 1.807) is 0 Å². The molecule has 81 heavy (non-hydrogen) atoms. The van der Waals surface area contributed by atoms with E-state index in [-0.39, 0.29) is 37.5 Å². The molecular formula is C75H124O6. The summed E-state index contributed by atoms with van der Waals surface area (Å²) in [4.78, 5) is 38.4. The molecule has 0 amide bonds. The van der Waals surface area contributed by atoms with Crippen molar-refractivity contribution in [3.8, 4) is 0 Å². The van der Waals surface area contributed by atoms with Crippen molar-refractivity contribution < 1.29 is 28.6 Å². The normalized spacial score (nSPS) is 13.0. The highest BCUT2D eigenvalue weighted by molar-refractivity contribution is 5.71. The Morgan fingerprint density at radius 2 is 0.494 bits per heavy atom. The van der Waals surface area contributed by atoms with E-state index in [0.29, 0.717) is 19.3 Å². The van der Waals surface area contributed by atoms with Crippen molar-refractivity contribution in [1.29, 1.82) is 0 Å². The maximum Gasteiger partial charge on any atom is 0.306 e. The fourth-order valence-electron chi connectivity index (χ4n) is 9.19. The predicted octanol–water partition coefficient (Wildman–Crippen LogP) is 23.3. The smallest absolute Gasteiger partial charge is 0.306 e. The van der Waals surface area contributed by atoms with Gasteiger partial charge in [-0.25, -0.2) is 0 Å². The quantitative estimate of drug-likeness (QED) is 0.0261. The van der Waals surface area contributed by atoms with Crippen LogP contribution in [0.3, 0.4) is 0 Å². The molecule has 0 spiro atoms.